The number of amides is 1. The second kappa shape index (κ2) is 8.46. The van der Waals surface area contributed by atoms with Crippen LogP contribution >= 0.6 is 0 Å². The molecule has 0 spiro atoms. The predicted octanol–water partition coefficient (Wildman–Crippen LogP) is 3.51. The monoisotopic (exact) mass is 485 g/mol. The zero-order valence-corrected chi connectivity index (χ0v) is 18.1. The quantitative estimate of drug-likeness (QED) is 0.475. The van der Waals surface area contributed by atoms with Crippen molar-refractivity contribution in [2.75, 3.05) is 6.54 Å². The molecule has 0 unspecified atom stereocenters. The van der Waals surface area contributed by atoms with E-state index in [9.17, 15) is 27.9 Å². The van der Waals surface area contributed by atoms with Gasteiger partial charge in [0.1, 0.15) is 23.7 Å². The first-order valence-electron chi connectivity index (χ1n) is 10.5. The largest absolute Gasteiger partial charge is 0.489 e. The molecule has 35 heavy (non-hydrogen) atoms. The lowest BCUT2D eigenvalue weighted by Crippen LogP contribution is -2.35. The lowest BCUT2D eigenvalue weighted by molar-refractivity contribution is -0.141. The van der Waals surface area contributed by atoms with Crippen LogP contribution in [0.25, 0.3) is 11.3 Å². The summed E-state index contributed by atoms with van der Waals surface area (Å²) in [6, 6.07) is 8.46. The van der Waals surface area contributed by atoms with Gasteiger partial charge in [-0.25, -0.2) is 9.78 Å². The van der Waals surface area contributed by atoms with Crippen molar-refractivity contribution in [3.63, 3.8) is 0 Å². The first-order valence-corrected chi connectivity index (χ1v) is 10.5. The molecule has 0 saturated heterocycles. The smallest absolute Gasteiger partial charge is 0.433 e. The topological polar surface area (TPSA) is 102 Å². The van der Waals surface area contributed by atoms with Crippen molar-refractivity contribution >= 4 is 11.7 Å². The van der Waals surface area contributed by atoms with Crippen LogP contribution in [0.2, 0.25) is 0 Å². The summed E-state index contributed by atoms with van der Waals surface area (Å²) < 4.78 is 46.6. The minimum absolute atomic E-state index is 0.0481. The molecule has 5 rings (SSSR count). The number of hydrogen-bond donors (Lipinski definition) is 1. The zero-order valence-electron chi connectivity index (χ0n) is 18.1. The fraction of sp³-hybridized carbons (Fsp3) is 0.217. The number of halogens is 3. The van der Waals surface area contributed by atoms with Crippen LogP contribution in [0.5, 0.6) is 5.75 Å². The molecule has 1 amide bonds. The Labute approximate surface area is 195 Å². The highest BCUT2D eigenvalue weighted by molar-refractivity contribution is 5.65. The number of pyridine rings is 3. The number of carboxylic acid groups (broad SMARTS) is 1. The molecule has 12 heteroatoms. The van der Waals surface area contributed by atoms with Crippen molar-refractivity contribution in [3.8, 4) is 11.4 Å². The van der Waals surface area contributed by atoms with Crippen molar-refractivity contribution in [1.82, 2.24) is 23.8 Å². The van der Waals surface area contributed by atoms with Crippen molar-refractivity contribution in [2.24, 2.45) is 0 Å². The van der Waals surface area contributed by atoms with E-state index in [2.05, 4.69) is 9.97 Å². The van der Waals surface area contributed by atoms with Crippen LogP contribution in [0, 0.1) is 0 Å². The summed E-state index contributed by atoms with van der Waals surface area (Å²) in [5, 5.41) is 9.27. The summed E-state index contributed by atoms with van der Waals surface area (Å²) in [7, 11) is 0. The van der Waals surface area contributed by atoms with Gasteiger partial charge in [0.2, 0.25) is 0 Å². The molecule has 1 aliphatic heterocycles. The molecule has 4 aromatic rings. The van der Waals surface area contributed by atoms with Gasteiger partial charge in [0.15, 0.2) is 0 Å². The maximum absolute atomic E-state index is 12.7. The molecule has 9 nitrogen and oxygen atoms in total. The van der Waals surface area contributed by atoms with Crippen molar-refractivity contribution < 1.29 is 27.8 Å². The molecule has 0 atom stereocenters. The summed E-state index contributed by atoms with van der Waals surface area (Å²) in [6.45, 7) is 0.571. The Morgan fingerprint density at radius 3 is 2.66 bits per heavy atom. The number of aromatic nitrogens is 4. The zero-order chi connectivity index (χ0) is 24.7. The predicted molar refractivity (Wildman–Crippen MR) is 116 cm³/mol. The van der Waals surface area contributed by atoms with Gasteiger partial charge in [0.05, 0.1) is 23.6 Å². The van der Waals surface area contributed by atoms with Gasteiger partial charge in [-0.1, -0.05) is 6.07 Å². The minimum atomic E-state index is -4.51. The standard InChI is InChI=1S/C23H18F3N5O4/c24-23(25,26)19-2-1-14(11-27-19)13-35-16-4-8-30(21(32)10-16)15-3-7-31-18-12-29(22(33)34)6-5-17(18)28-20(31)9-15/h1-4,7-11H,5-6,12-13H2,(H,33,34). The molecule has 1 aliphatic rings. The molecule has 0 saturated carbocycles. The number of imidazole rings is 1. The Balaban J connectivity index is 1.33. The summed E-state index contributed by atoms with van der Waals surface area (Å²) in [4.78, 5) is 33.3. The Bertz CT molecular complexity index is 1480. The molecular formula is C23H18F3N5O4. The Hall–Kier alpha value is -4.35. The average molecular weight is 485 g/mol. The van der Waals surface area contributed by atoms with Gasteiger partial charge in [-0.2, -0.15) is 13.2 Å². The number of rotatable bonds is 4. The third kappa shape index (κ3) is 4.42. The minimum Gasteiger partial charge on any atom is -0.489 e. The van der Waals surface area contributed by atoms with E-state index in [4.69, 9.17) is 4.74 Å². The van der Waals surface area contributed by atoms with E-state index in [1.54, 1.807) is 24.4 Å². The van der Waals surface area contributed by atoms with Crippen LogP contribution < -0.4 is 10.3 Å². The van der Waals surface area contributed by atoms with Crippen LogP contribution in [0.4, 0.5) is 18.0 Å². The Morgan fingerprint density at radius 1 is 1.14 bits per heavy atom. The molecular weight excluding hydrogens is 467 g/mol. The van der Waals surface area contributed by atoms with Crippen LogP contribution in [0.1, 0.15) is 22.6 Å². The maximum Gasteiger partial charge on any atom is 0.433 e. The lowest BCUT2D eigenvalue weighted by atomic mass is 10.1. The van der Waals surface area contributed by atoms with E-state index < -0.39 is 18.0 Å². The van der Waals surface area contributed by atoms with E-state index in [0.717, 1.165) is 23.7 Å². The number of ether oxygens (including phenoxy) is 1. The molecule has 1 N–H and O–H groups in total. The molecule has 180 valence electrons. The molecule has 0 bridgehead atoms. The van der Waals surface area contributed by atoms with Crippen LogP contribution in [0.3, 0.4) is 0 Å². The van der Waals surface area contributed by atoms with Crippen LogP contribution in [-0.4, -0.2) is 41.6 Å². The highest BCUT2D eigenvalue weighted by Gasteiger charge is 2.32. The van der Waals surface area contributed by atoms with Gasteiger partial charge in [-0.05, 0) is 18.2 Å². The average Bonchev–Trinajstić information content (AvgIpc) is 3.19. The number of nitrogens with zero attached hydrogens (tertiary/aromatic N) is 5. The fourth-order valence-electron chi connectivity index (χ4n) is 3.92. The third-order valence-corrected chi connectivity index (χ3v) is 5.71. The van der Waals surface area contributed by atoms with E-state index in [1.165, 1.54) is 27.8 Å². The summed E-state index contributed by atoms with van der Waals surface area (Å²) in [5.74, 6) is 0.261. The number of carbonyl (C=O) groups is 1. The third-order valence-electron chi connectivity index (χ3n) is 5.71. The van der Waals surface area contributed by atoms with E-state index >= 15 is 0 Å². The second-order valence-electron chi connectivity index (χ2n) is 7.98. The number of hydrogen-bond acceptors (Lipinski definition) is 5. The van der Waals surface area contributed by atoms with Gasteiger partial charge >= 0.3 is 12.3 Å². The van der Waals surface area contributed by atoms with E-state index in [0.29, 0.717) is 29.9 Å². The Kier molecular flexibility index (Phi) is 5.42. The van der Waals surface area contributed by atoms with Gasteiger partial charge in [0.25, 0.3) is 5.56 Å². The van der Waals surface area contributed by atoms with Crippen molar-refractivity contribution in [3.05, 3.63) is 88.0 Å². The first-order chi connectivity index (χ1) is 16.7. The van der Waals surface area contributed by atoms with Crippen molar-refractivity contribution in [1.29, 1.82) is 0 Å². The SMILES string of the molecule is O=C(O)N1CCc2nc3cc(-n4ccc(OCc5ccc(C(F)(F)F)nc5)cc4=O)ccn3c2C1. The van der Waals surface area contributed by atoms with Gasteiger partial charge in [-0.15, -0.1) is 0 Å². The van der Waals surface area contributed by atoms with Gasteiger partial charge in [-0.3, -0.25) is 14.3 Å². The van der Waals surface area contributed by atoms with Gasteiger partial charge < -0.3 is 19.1 Å². The van der Waals surface area contributed by atoms with E-state index in [-0.39, 0.29) is 24.5 Å². The molecule has 0 radical (unpaired) electrons. The van der Waals surface area contributed by atoms with Crippen LogP contribution in [0.15, 0.2) is 59.8 Å². The molecule has 0 aliphatic carbocycles. The maximum atomic E-state index is 12.7. The summed E-state index contributed by atoms with van der Waals surface area (Å²) >= 11 is 0. The molecule has 0 aromatic carbocycles. The van der Waals surface area contributed by atoms with Gasteiger partial charge in [0, 0.05) is 49.3 Å². The molecule has 5 heterocycles. The second-order valence-corrected chi connectivity index (χ2v) is 7.98. The molecule has 4 aromatic heterocycles. The fourth-order valence-corrected chi connectivity index (χ4v) is 3.92. The van der Waals surface area contributed by atoms with Crippen LogP contribution in [-0.2, 0) is 25.7 Å². The first kappa shape index (κ1) is 22.4. The summed E-state index contributed by atoms with van der Waals surface area (Å²) in [6.07, 6.45) is -0.620. The highest BCUT2D eigenvalue weighted by Crippen LogP contribution is 2.27. The Morgan fingerprint density at radius 2 is 1.97 bits per heavy atom. The highest BCUT2D eigenvalue weighted by atomic mass is 19.4. The number of fused-ring (bicyclic) bond motifs is 3. The summed E-state index contributed by atoms with van der Waals surface area (Å²) in [5.41, 5.74) is 1.87. The van der Waals surface area contributed by atoms with Crippen molar-refractivity contribution in [2.45, 2.75) is 25.7 Å². The van der Waals surface area contributed by atoms with E-state index in [1.807, 2.05) is 4.40 Å². The lowest BCUT2D eigenvalue weighted by Gasteiger charge is -2.23. The number of alkyl halides is 3. The molecule has 0 fully saturated rings. The normalized spacial score (nSPS) is 13.6.